The summed E-state index contributed by atoms with van der Waals surface area (Å²) in [4.78, 5) is 2.69. The van der Waals surface area contributed by atoms with Crippen LogP contribution in [-0.2, 0) is 7.05 Å². The van der Waals surface area contributed by atoms with E-state index in [0.717, 1.165) is 41.2 Å². The Morgan fingerprint density at radius 3 is 2.53 bits per heavy atom. The average molecular weight is 429 g/mol. The summed E-state index contributed by atoms with van der Waals surface area (Å²) in [6.07, 6.45) is 8.55. The molecule has 1 aliphatic heterocycles. The van der Waals surface area contributed by atoms with Gasteiger partial charge in [-0.25, -0.2) is 4.39 Å². The molecule has 2 saturated carbocycles. The topological polar surface area (TPSA) is 47.1 Å². The highest BCUT2D eigenvalue weighted by Gasteiger charge is 2.45. The molecule has 6 heteroatoms. The minimum absolute atomic E-state index is 0.124. The molecule has 2 atom stereocenters. The average Bonchev–Trinajstić information content (AvgIpc) is 3.37. The third-order valence-electron chi connectivity index (χ3n) is 7.69. The van der Waals surface area contributed by atoms with E-state index in [1.807, 2.05) is 7.05 Å². The van der Waals surface area contributed by atoms with E-state index in [1.165, 1.54) is 50.3 Å². The first-order valence-corrected chi connectivity index (χ1v) is 11.5. The van der Waals surface area contributed by atoms with E-state index in [4.69, 9.17) is 22.4 Å². The van der Waals surface area contributed by atoms with Gasteiger partial charge < -0.3 is 5.73 Å². The van der Waals surface area contributed by atoms with Crippen molar-refractivity contribution in [3.8, 4) is 11.1 Å². The van der Waals surface area contributed by atoms with Crippen LogP contribution in [0.2, 0.25) is 5.02 Å². The summed E-state index contributed by atoms with van der Waals surface area (Å²) in [6.45, 7) is 4.57. The highest BCUT2D eigenvalue weighted by Crippen LogP contribution is 2.53. The monoisotopic (exact) mass is 428 g/mol. The Labute approximate surface area is 182 Å². The van der Waals surface area contributed by atoms with E-state index in [1.54, 1.807) is 16.8 Å². The molecule has 2 heterocycles. The lowest BCUT2D eigenvalue weighted by Crippen LogP contribution is -2.37. The van der Waals surface area contributed by atoms with Gasteiger partial charge in [0.1, 0.15) is 11.6 Å². The summed E-state index contributed by atoms with van der Waals surface area (Å²) in [6, 6.07) is 5.58. The number of hydrogen-bond donors (Lipinski definition) is 1. The molecule has 3 aliphatic rings. The number of nitrogen functional groups attached to an aromatic ring is 1. The van der Waals surface area contributed by atoms with E-state index in [-0.39, 0.29) is 5.02 Å². The maximum absolute atomic E-state index is 13.7. The molecule has 2 fully saturated rings. The molecule has 0 amide bonds. The molecule has 0 bridgehead atoms. The van der Waals surface area contributed by atoms with E-state index in [9.17, 15) is 4.39 Å². The molecule has 5 rings (SSSR count). The molecular weight excluding hydrogens is 399 g/mol. The van der Waals surface area contributed by atoms with Crippen LogP contribution in [0.4, 0.5) is 10.2 Å². The normalized spacial score (nSPS) is 29.3. The largest absolute Gasteiger partial charge is 0.383 e. The van der Waals surface area contributed by atoms with Gasteiger partial charge in [0.25, 0.3) is 0 Å². The third kappa shape index (κ3) is 3.46. The van der Waals surface area contributed by atoms with Gasteiger partial charge in [-0.15, -0.1) is 0 Å². The molecule has 2 aliphatic carbocycles. The van der Waals surface area contributed by atoms with Gasteiger partial charge in [-0.1, -0.05) is 29.3 Å². The third-order valence-corrected chi connectivity index (χ3v) is 7.98. The molecule has 1 aromatic carbocycles. The van der Waals surface area contributed by atoms with Gasteiger partial charge in [-0.3, -0.25) is 9.58 Å². The van der Waals surface area contributed by atoms with Crippen molar-refractivity contribution in [1.82, 2.24) is 14.7 Å². The van der Waals surface area contributed by atoms with Crippen LogP contribution in [-0.4, -0.2) is 33.8 Å². The van der Waals surface area contributed by atoms with Gasteiger partial charge in [-0.2, -0.15) is 5.10 Å². The van der Waals surface area contributed by atoms with E-state index < -0.39 is 5.82 Å². The van der Waals surface area contributed by atoms with Crippen LogP contribution in [0, 0.1) is 17.7 Å². The lowest BCUT2D eigenvalue weighted by atomic mass is 9.92. The first-order valence-electron chi connectivity index (χ1n) is 11.1. The molecule has 1 aromatic heterocycles. The zero-order chi connectivity index (χ0) is 21.0. The lowest BCUT2D eigenvalue weighted by Gasteiger charge is -2.32. The summed E-state index contributed by atoms with van der Waals surface area (Å²) in [7, 11) is 1.88. The molecule has 4 nitrogen and oxygen atoms in total. The van der Waals surface area contributed by atoms with Crippen molar-refractivity contribution >= 4 is 17.4 Å². The van der Waals surface area contributed by atoms with Crippen molar-refractivity contribution in [2.45, 2.75) is 51.0 Å². The highest BCUT2D eigenvalue weighted by molar-refractivity contribution is 6.31. The molecule has 0 spiro atoms. The molecule has 2 aromatic rings. The van der Waals surface area contributed by atoms with Crippen molar-refractivity contribution in [1.29, 1.82) is 0 Å². The van der Waals surface area contributed by atoms with Gasteiger partial charge in [0, 0.05) is 37.7 Å². The number of rotatable bonds is 3. The Kier molecular flexibility index (Phi) is 5.14. The number of anilines is 1. The van der Waals surface area contributed by atoms with Crippen molar-refractivity contribution in [3.05, 3.63) is 46.4 Å². The number of aromatic nitrogens is 2. The number of fused-ring (bicyclic) bond motifs is 1. The summed E-state index contributed by atoms with van der Waals surface area (Å²) in [5, 5.41) is 4.93. The van der Waals surface area contributed by atoms with E-state index >= 15 is 0 Å². The highest BCUT2D eigenvalue weighted by atomic mass is 35.5. The lowest BCUT2D eigenvalue weighted by molar-refractivity contribution is 0.203. The number of hydrogen-bond acceptors (Lipinski definition) is 3. The van der Waals surface area contributed by atoms with Gasteiger partial charge in [-0.05, 0) is 68.6 Å². The Bertz CT molecular complexity index is 983. The SMILES string of the molecule is CC1=CCN(C2CC3CC(c4nn(C)c(N)c4-c4ccc(F)c(Cl)c4)CC3C2)CC1. The molecular formula is C24H30ClFN4. The summed E-state index contributed by atoms with van der Waals surface area (Å²) < 4.78 is 15.4. The van der Waals surface area contributed by atoms with Gasteiger partial charge in [0.2, 0.25) is 0 Å². The minimum atomic E-state index is -0.409. The fourth-order valence-corrected chi connectivity index (χ4v) is 6.20. The first-order chi connectivity index (χ1) is 14.4. The standard InChI is InChI=1S/C24H30ClFN4/c1-14-5-7-30(8-6-14)19-11-16-9-18(10-17(16)12-19)23-22(24(27)29(2)28-23)15-3-4-21(26)20(25)13-15/h3-5,13,16-19H,6-12,27H2,1-2H3. The molecule has 2 N–H and O–H groups in total. The van der Waals surface area contributed by atoms with Crippen molar-refractivity contribution < 1.29 is 4.39 Å². The van der Waals surface area contributed by atoms with Gasteiger partial charge >= 0.3 is 0 Å². The van der Waals surface area contributed by atoms with Crippen LogP contribution in [0.5, 0.6) is 0 Å². The Balaban J connectivity index is 1.35. The van der Waals surface area contributed by atoms with Crippen LogP contribution in [0.25, 0.3) is 11.1 Å². The second kappa shape index (κ2) is 7.69. The summed E-state index contributed by atoms with van der Waals surface area (Å²) in [5.41, 5.74) is 10.8. The maximum atomic E-state index is 13.7. The fourth-order valence-electron chi connectivity index (χ4n) is 6.02. The van der Waals surface area contributed by atoms with E-state index in [2.05, 4.69) is 17.9 Å². The van der Waals surface area contributed by atoms with Crippen LogP contribution in [0.15, 0.2) is 29.8 Å². The fraction of sp³-hybridized carbons (Fsp3) is 0.542. The smallest absolute Gasteiger partial charge is 0.141 e. The number of aryl methyl sites for hydroxylation is 1. The first kappa shape index (κ1) is 20.1. The Hall–Kier alpha value is -1.85. The molecule has 160 valence electrons. The second-order valence-corrected chi connectivity index (χ2v) is 9.91. The molecule has 2 unspecified atom stereocenters. The number of benzene rings is 1. The van der Waals surface area contributed by atoms with Gasteiger partial charge in [0.05, 0.1) is 10.7 Å². The Morgan fingerprint density at radius 1 is 1.17 bits per heavy atom. The number of halogens is 2. The van der Waals surface area contributed by atoms with Crippen LogP contribution in [0.3, 0.4) is 0 Å². The van der Waals surface area contributed by atoms with Crippen molar-refractivity contribution in [2.24, 2.45) is 18.9 Å². The minimum Gasteiger partial charge on any atom is -0.383 e. The quantitative estimate of drug-likeness (QED) is 0.667. The summed E-state index contributed by atoms with van der Waals surface area (Å²) >= 11 is 6.06. The Morgan fingerprint density at radius 2 is 1.90 bits per heavy atom. The molecule has 0 saturated heterocycles. The van der Waals surface area contributed by atoms with Gasteiger partial charge in [0.15, 0.2) is 0 Å². The summed E-state index contributed by atoms with van der Waals surface area (Å²) in [5.74, 6) is 2.15. The zero-order valence-electron chi connectivity index (χ0n) is 17.7. The van der Waals surface area contributed by atoms with Crippen LogP contribution in [0.1, 0.15) is 50.6 Å². The zero-order valence-corrected chi connectivity index (χ0v) is 18.5. The predicted molar refractivity (Wildman–Crippen MR) is 120 cm³/mol. The van der Waals surface area contributed by atoms with Crippen LogP contribution >= 0.6 is 11.6 Å². The van der Waals surface area contributed by atoms with Crippen molar-refractivity contribution in [3.63, 3.8) is 0 Å². The molecule has 30 heavy (non-hydrogen) atoms. The molecule has 0 radical (unpaired) electrons. The number of nitrogens with zero attached hydrogens (tertiary/aromatic N) is 3. The van der Waals surface area contributed by atoms with E-state index in [0.29, 0.717) is 11.7 Å². The second-order valence-electron chi connectivity index (χ2n) is 9.51. The van der Waals surface area contributed by atoms with Crippen molar-refractivity contribution in [2.75, 3.05) is 18.8 Å². The number of nitrogens with two attached hydrogens (primary N) is 1. The predicted octanol–water partition coefficient (Wildman–Crippen LogP) is 5.39. The van der Waals surface area contributed by atoms with Crippen LogP contribution < -0.4 is 5.73 Å². The maximum Gasteiger partial charge on any atom is 0.141 e.